The van der Waals surface area contributed by atoms with Crippen molar-refractivity contribution in [2.75, 3.05) is 27.0 Å². The summed E-state index contributed by atoms with van der Waals surface area (Å²) < 4.78 is 7.44. The number of amides is 2. The van der Waals surface area contributed by atoms with Gasteiger partial charge in [0.2, 0.25) is 0 Å². The first kappa shape index (κ1) is 26.9. The van der Waals surface area contributed by atoms with Crippen LogP contribution in [0.15, 0.2) is 5.16 Å². The van der Waals surface area contributed by atoms with E-state index in [1.54, 1.807) is 25.0 Å². The van der Waals surface area contributed by atoms with Gasteiger partial charge in [0.1, 0.15) is 0 Å². The minimum Gasteiger partial charge on any atom is -0.449 e. The molecule has 7 nitrogen and oxygen atoms in total. The standard InChI is InChI=1S/C19H37N3O4S2/c1-7-8-9-10-11-12-13-14-15-25-17(23)21(4)28-22(5)18(24)26-20-16-19(2,3)27-6/h16H,7-15H2,1-6H3/b20-16+. The molecule has 28 heavy (non-hydrogen) atoms. The van der Waals surface area contributed by atoms with Crippen molar-refractivity contribution < 1.29 is 19.2 Å². The van der Waals surface area contributed by atoms with Crippen LogP contribution in [0.5, 0.6) is 0 Å². The predicted molar refractivity (Wildman–Crippen MR) is 120 cm³/mol. The quantitative estimate of drug-likeness (QED) is 0.110. The fourth-order valence-electron chi connectivity index (χ4n) is 2.05. The summed E-state index contributed by atoms with van der Waals surface area (Å²) >= 11 is 2.49. The number of ether oxygens (including phenoxy) is 1. The first-order valence-electron chi connectivity index (χ1n) is 9.86. The van der Waals surface area contributed by atoms with Crippen LogP contribution in [-0.4, -0.2) is 58.7 Å². The fraction of sp³-hybridized carbons (Fsp3) is 0.842. The Hall–Kier alpha value is -1.09. The largest absolute Gasteiger partial charge is 0.449 e. The van der Waals surface area contributed by atoms with E-state index in [-0.39, 0.29) is 4.75 Å². The number of nitrogens with zero attached hydrogens (tertiary/aromatic N) is 3. The average molecular weight is 436 g/mol. The van der Waals surface area contributed by atoms with Crippen LogP contribution in [0.3, 0.4) is 0 Å². The van der Waals surface area contributed by atoms with Gasteiger partial charge in [0.25, 0.3) is 0 Å². The van der Waals surface area contributed by atoms with Crippen LogP contribution in [0.4, 0.5) is 9.59 Å². The van der Waals surface area contributed by atoms with E-state index in [0.29, 0.717) is 6.61 Å². The van der Waals surface area contributed by atoms with Crippen molar-refractivity contribution in [3.8, 4) is 0 Å². The molecule has 0 aromatic carbocycles. The zero-order valence-electron chi connectivity index (χ0n) is 18.2. The molecule has 0 aromatic rings. The van der Waals surface area contributed by atoms with Gasteiger partial charge in [-0.3, -0.25) is 4.84 Å². The monoisotopic (exact) mass is 435 g/mol. The van der Waals surface area contributed by atoms with Crippen molar-refractivity contribution in [2.45, 2.75) is 76.9 Å². The molecule has 0 aliphatic heterocycles. The second kappa shape index (κ2) is 15.8. The van der Waals surface area contributed by atoms with Crippen LogP contribution >= 0.6 is 23.9 Å². The third-order valence-corrected chi connectivity index (χ3v) is 5.95. The highest BCUT2D eigenvalue weighted by Crippen LogP contribution is 2.19. The number of carbonyl (C=O) groups excluding carboxylic acids is 2. The number of hydrogen-bond donors (Lipinski definition) is 0. The lowest BCUT2D eigenvalue weighted by Crippen LogP contribution is -2.29. The van der Waals surface area contributed by atoms with Gasteiger partial charge in [-0.05, 0) is 26.5 Å². The lowest BCUT2D eigenvalue weighted by atomic mass is 10.1. The molecule has 0 N–H and O–H groups in total. The summed E-state index contributed by atoms with van der Waals surface area (Å²) in [6.07, 6.45) is 11.9. The summed E-state index contributed by atoms with van der Waals surface area (Å²) in [7, 11) is 3.05. The first-order chi connectivity index (χ1) is 13.2. The van der Waals surface area contributed by atoms with Crippen molar-refractivity contribution in [2.24, 2.45) is 5.16 Å². The van der Waals surface area contributed by atoms with Crippen LogP contribution in [-0.2, 0) is 9.57 Å². The molecule has 0 spiro atoms. The topological polar surface area (TPSA) is 71.4 Å². The van der Waals surface area contributed by atoms with Crippen LogP contribution < -0.4 is 0 Å². The highest BCUT2D eigenvalue weighted by atomic mass is 32.2. The zero-order valence-corrected chi connectivity index (χ0v) is 19.9. The number of rotatable bonds is 14. The van der Waals surface area contributed by atoms with Crippen LogP contribution in [0, 0.1) is 0 Å². The predicted octanol–water partition coefficient (Wildman–Crippen LogP) is 5.95. The van der Waals surface area contributed by atoms with E-state index in [9.17, 15) is 9.59 Å². The molecule has 0 aliphatic carbocycles. The summed E-state index contributed by atoms with van der Waals surface area (Å²) in [6.45, 7) is 6.53. The van der Waals surface area contributed by atoms with Gasteiger partial charge in [0, 0.05) is 18.8 Å². The Labute approximate surface area is 179 Å². The minimum atomic E-state index is -0.666. The van der Waals surface area contributed by atoms with Crippen molar-refractivity contribution in [3.63, 3.8) is 0 Å². The Kier molecular flexibility index (Phi) is 15.2. The van der Waals surface area contributed by atoms with E-state index in [4.69, 9.17) is 9.57 Å². The maximum atomic E-state index is 12.0. The summed E-state index contributed by atoms with van der Waals surface area (Å²) in [6, 6.07) is 0. The third-order valence-electron chi connectivity index (χ3n) is 4.00. The lowest BCUT2D eigenvalue weighted by Gasteiger charge is -2.20. The van der Waals surface area contributed by atoms with Crippen molar-refractivity contribution in [3.05, 3.63) is 0 Å². The average Bonchev–Trinajstić information content (AvgIpc) is 2.66. The highest BCUT2D eigenvalue weighted by Gasteiger charge is 2.19. The normalized spacial score (nSPS) is 11.5. The van der Waals surface area contributed by atoms with Crippen LogP contribution in [0.1, 0.15) is 72.1 Å². The molecule has 164 valence electrons. The van der Waals surface area contributed by atoms with Crippen LogP contribution in [0.2, 0.25) is 0 Å². The molecule has 9 heteroatoms. The van der Waals surface area contributed by atoms with E-state index < -0.39 is 12.2 Å². The van der Waals surface area contributed by atoms with E-state index in [1.165, 1.54) is 54.2 Å². The molecule has 0 rings (SSSR count). The molecule has 0 saturated carbocycles. The molecule has 0 unspecified atom stereocenters. The van der Waals surface area contributed by atoms with E-state index in [1.807, 2.05) is 20.1 Å². The number of oxime groups is 1. The van der Waals surface area contributed by atoms with Gasteiger partial charge >= 0.3 is 12.2 Å². The second-order valence-corrected chi connectivity index (χ2v) is 9.78. The summed E-state index contributed by atoms with van der Waals surface area (Å²) in [5.41, 5.74) is 0. The smallest absolute Gasteiger partial charge is 0.447 e. The van der Waals surface area contributed by atoms with Gasteiger partial charge in [-0.25, -0.2) is 18.2 Å². The maximum Gasteiger partial charge on any atom is 0.447 e. The molecule has 0 radical (unpaired) electrons. The molecule has 0 atom stereocenters. The van der Waals surface area contributed by atoms with E-state index in [0.717, 1.165) is 25.0 Å². The Morgan fingerprint density at radius 3 is 2.07 bits per heavy atom. The minimum absolute atomic E-state index is 0.220. The SMILES string of the molecule is CCCCCCCCCCOC(=O)N(C)SN(C)C(=O)O/N=C/C(C)(C)SC. The van der Waals surface area contributed by atoms with Gasteiger partial charge in [-0.15, -0.1) is 0 Å². The van der Waals surface area contributed by atoms with Crippen LogP contribution in [0.25, 0.3) is 0 Å². The Morgan fingerprint density at radius 2 is 1.50 bits per heavy atom. The molecule has 0 fully saturated rings. The number of hydrogen-bond acceptors (Lipinski definition) is 7. The molecule has 0 aromatic heterocycles. The van der Waals surface area contributed by atoms with E-state index in [2.05, 4.69) is 12.1 Å². The Balaban J connectivity index is 3.93. The lowest BCUT2D eigenvalue weighted by molar-refractivity contribution is 0.127. The summed E-state index contributed by atoms with van der Waals surface area (Å²) in [4.78, 5) is 28.7. The van der Waals surface area contributed by atoms with Crippen molar-refractivity contribution in [1.29, 1.82) is 0 Å². The zero-order chi connectivity index (χ0) is 21.4. The summed E-state index contributed by atoms with van der Waals surface area (Å²) in [5.74, 6) is 0. The van der Waals surface area contributed by atoms with E-state index >= 15 is 0 Å². The number of thioether (sulfide) groups is 1. The Morgan fingerprint density at radius 1 is 0.964 bits per heavy atom. The van der Waals surface area contributed by atoms with Gasteiger partial charge in [-0.1, -0.05) is 57.0 Å². The molecule has 0 heterocycles. The molecule has 2 amide bonds. The highest BCUT2D eigenvalue weighted by molar-refractivity contribution is 8.00. The number of unbranched alkanes of at least 4 members (excludes halogenated alkanes) is 7. The first-order valence-corrected chi connectivity index (χ1v) is 11.8. The van der Waals surface area contributed by atoms with Crippen molar-refractivity contribution >= 4 is 42.3 Å². The third kappa shape index (κ3) is 14.0. The van der Waals surface area contributed by atoms with Gasteiger partial charge in [-0.2, -0.15) is 11.8 Å². The maximum absolute atomic E-state index is 12.0. The molecule has 0 bridgehead atoms. The molecular weight excluding hydrogens is 398 g/mol. The summed E-state index contributed by atoms with van der Waals surface area (Å²) in [5, 5.41) is 3.70. The van der Waals surface area contributed by atoms with Crippen molar-refractivity contribution in [1.82, 2.24) is 8.61 Å². The molecule has 0 aliphatic rings. The molecular formula is C19H37N3O4S2. The molecule has 0 saturated heterocycles. The van der Waals surface area contributed by atoms with Gasteiger partial charge < -0.3 is 4.74 Å². The van der Waals surface area contributed by atoms with Gasteiger partial charge in [0.05, 0.1) is 25.0 Å². The Bertz CT molecular complexity index is 476. The number of carbonyl (C=O) groups is 2. The van der Waals surface area contributed by atoms with Gasteiger partial charge in [0.15, 0.2) is 0 Å². The second-order valence-electron chi connectivity index (χ2n) is 7.07. The fourth-order valence-corrected chi connectivity index (χ4v) is 2.78.